The maximum Gasteiger partial charge on any atom is 0.222 e. The lowest BCUT2D eigenvalue weighted by atomic mass is 10.0. The zero-order chi connectivity index (χ0) is 16.8. The Morgan fingerprint density at radius 3 is 3.04 bits per heavy atom. The van der Waals surface area contributed by atoms with Crippen LogP contribution in [-0.2, 0) is 16.0 Å². The third kappa shape index (κ3) is 4.18. The molecule has 1 saturated heterocycles. The highest BCUT2D eigenvalue weighted by atomic mass is 16.5. The smallest absolute Gasteiger partial charge is 0.222 e. The first kappa shape index (κ1) is 16.6. The molecule has 0 unspecified atom stereocenters. The van der Waals surface area contributed by atoms with Crippen molar-refractivity contribution in [3.8, 4) is 0 Å². The number of nitrogens with zero attached hydrogens (tertiary/aromatic N) is 4. The van der Waals surface area contributed by atoms with E-state index in [2.05, 4.69) is 19.9 Å². The molecular formula is C17H23N5O2. The van der Waals surface area contributed by atoms with Gasteiger partial charge in [0.15, 0.2) is 0 Å². The minimum absolute atomic E-state index is 0.289. The molecule has 7 heteroatoms. The van der Waals surface area contributed by atoms with Gasteiger partial charge >= 0.3 is 0 Å². The molecule has 2 aromatic rings. The highest BCUT2D eigenvalue weighted by Crippen LogP contribution is 2.27. The van der Waals surface area contributed by atoms with Gasteiger partial charge in [-0.1, -0.05) is 6.07 Å². The minimum atomic E-state index is 0.289. The fourth-order valence-electron chi connectivity index (χ4n) is 2.80. The topological polar surface area (TPSA) is 86.4 Å². The molecule has 24 heavy (non-hydrogen) atoms. The van der Waals surface area contributed by atoms with Crippen molar-refractivity contribution in [3.63, 3.8) is 0 Å². The molecule has 2 aromatic heterocycles. The van der Waals surface area contributed by atoms with Crippen LogP contribution in [0.3, 0.4) is 0 Å². The van der Waals surface area contributed by atoms with Crippen LogP contribution in [0.1, 0.15) is 23.6 Å². The van der Waals surface area contributed by atoms with Crippen molar-refractivity contribution in [1.29, 1.82) is 0 Å². The van der Waals surface area contributed by atoms with Crippen molar-refractivity contribution in [2.75, 3.05) is 44.1 Å². The first-order chi connectivity index (χ1) is 11.8. The monoisotopic (exact) mass is 329 g/mol. The number of nitrogen functional groups attached to an aromatic ring is 1. The second-order valence-electron chi connectivity index (χ2n) is 5.85. The zero-order valence-corrected chi connectivity index (χ0v) is 13.9. The van der Waals surface area contributed by atoms with Gasteiger partial charge in [-0.25, -0.2) is 4.98 Å². The van der Waals surface area contributed by atoms with Crippen molar-refractivity contribution >= 4 is 11.8 Å². The molecule has 0 saturated carbocycles. The molecule has 0 spiro atoms. The van der Waals surface area contributed by atoms with Crippen molar-refractivity contribution in [2.45, 2.75) is 18.9 Å². The molecule has 2 N–H and O–H groups in total. The van der Waals surface area contributed by atoms with Gasteiger partial charge in [-0.2, -0.15) is 4.98 Å². The molecule has 1 aliphatic heterocycles. The van der Waals surface area contributed by atoms with Crippen LogP contribution in [0.15, 0.2) is 30.6 Å². The average Bonchev–Trinajstić information content (AvgIpc) is 3.13. The molecule has 0 aliphatic carbocycles. The summed E-state index contributed by atoms with van der Waals surface area (Å²) in [5.41, 5.74) is 8.01. The van der Waals surface area contributed by atoms with Crippen LogP contribution in [0, 0.1) is 0 Å². The fraction of sp³-hybridized carbons (Fsp3) is 0.471. The second-order valence-corrected chi connectivity index (χ2v) is 5.85. The van der Waals surface area contributed by atoms with E-state index in [0.717, 1.165) is 30.1 Å². The SMILES string of the molecule is COCCN(Cc1cccnc1)c1cc([C@H]2CCOC2)nc(N)n1. The highest BCUT2D eigenvalue weighted by molar-refractivity contribution is 5.45. The molecule has 0 bridgehead atoms. The quantitative estimate of drug-likeness (QED) is 0.826. The Morgan fingerprint density at radius 1 is 1.42 bits per heavy atom. The van der Waals surface area contributed by atoms with Crippen molar-refractivity contribution in [1.82, 2.24) is 15.0 Å². The summed E-state index contributed by atoms with van der Waals surface area (Å²) in [7, 11) is 1.69. The van der Waals surface area contributed by atoms with Gasteiger partial charge in [0.25, 0.3) is 0 Å². The Morgan fingerprint density at radius 2 is 2.33 bits per heavy atom. The predicted octanol–water partition coefficient (Wildman–Crippen LogP) is 1.61. The minimum Gasteiger partial charge on any atom is -0.383 e. The first-order valence-electron chi connectivity index (χ1n) is 8.11. The first-order valence-corrected chi connectivity index (χ1v) is 8.11. The molecule has 0 amide bonds. The fourth-order valence-corrected chi connectivity index (χ4v) is 2.80. The van der Waals surface area contributed by atoms with Crippen LogP contribution >= 0.6 is 0 Å². The number of ether oxygens (including phenoxy) is 2. The standard InChI is InChI=1S/C17H23N5O2/c1-23-8-6-22(11-13-3-2-5-19-10-13)16-9-15(20-17(18)21-16)14-4-7-24-12-14/h2-3,5,9-10,14H,4,6-8,11-12H2,1H3,(H2,18,20,21)/t14-/m0/s1. The summed E-state index contributed by atoms with van der Waals surface area (Å²) in [6.07, 6.45) is 4.59. The molecule has 1 atom stereocenters. The maximum absolute atomic E-state index is 5.95. The second kappa shape index (κ2) is 8.03. The maximum atomic E-state index is 5.95. The molecule has 0 radical (unpaired) electrons. The third-order valence-corrected chi connectivity index (χ3v) is 4.08. The van der Waals surface area contributed by atoms with E-state index in [4.69, 9.17) is 15.2 Å². The summed E-state index contributed by atoms with van der Waals surface area (Å²) >= 11 is 0. The summed E-state index contributed by atoms with van der Waals surface area (Å²) < 4.78 is 10.7. The molecule has 3 heterocycles. The van der Waals surface area contributed by atoms with Gasteiger partial charge in [0.2, 0.25) is 5.95 Å². The number of pyridine rings is 1. The van der Waals surface area contributed by atoms with Crippen molar-refractivity contribution < 1.29 is 9.47 Å². The summed E-state index contributed by atoms with van der Waals surface area (Å²) in [4.78, 5) is 15.1. The van der Waals surface area contributed by atoms with Gasteiger partial charge in [-0.05, 0) is 18.1 Å². The van der Waals surface area contributed by atoms with Crippen LogP contribution in [-0.4, -0.2) is 48.4 Å². The Balaban J connectivity index is 1.85. The highest BCUT2D eigenvalue weighted by Gasteiger charge is 2.21. The van der Waals surface area contributed by atoms with Gasteiger partial charge in [-0.3, -0.25) is 4.98 Å². The number of aromatic nitrogens is 3. The molecule has 1 fully saturated rings. The lowest BCUT2D eigenvalue weighted by molar-refractivity contribution is 0.193. The van der Waals surface area contributed by atoms with E-state index in [1.54, 1.807) is 13.3 Å². The number of nitrogens with two attached hydrogens (primary N) is 1. The van der Waals surface area contributed by atoms with Crippen molar-refractivity contribution in [3.05, 3.63) is 41.9 Å². The number of rotatable bonds is 7. The molecule has 7 nitrogen and oxygen atoms in total. The van der Waals surface area contributed by atoms with Crippen LogP contribution < -0.4 is 10.6 Å². The Kier molecular flexibility index (Phi) is 5.55. The lowest BCUT2D eigenvalue weighted by Crippen LogP contribution is -2.28. The van der Waals surface area contributed by atoms with E-state index >= 15 is 0 Å². The summed E-state index contributed by atoms with van der Waals surface area (Å²) in [5, 5.41) is 0. The van der Waals surface area contributed by atoms with Crippen molar-refractivity contribution in [2.24, 2.45) is 0 Å². The van der Waals surface area contributed by atoms with E-state index in [9.17, 15) is 0 Å². The van der Waals surface area contributed by atoms with E-state index in [1.807, 2.05) is 24.4 Å². The van der Waals surface area contributed by atoms with Gasteiger partial charge in [0.05, 0.1) is 18.9 Å². The number of anilines is 2. The number of hydrogen-bond acceptors (Lipinski definition) is 7. The molecule has 0 aromatic carbocycles. The van der Waals surface area contributed by atoms with E-state index < -0.39 is 0 Å². The van der Waals surface area contributed by atoms with Crippen LogP contribution in [0.2, 0.25) is 0 Å². The summed E-state index contributed by atoms with van der Waals surface area (Å²) in [6.45, 7) is 3.46. The Labute approximate surface area is 141 Å². The van der Waals surface area contributed by atoms with Crippen LogP contribution in [0.4, 0.5) is 11.8 Å². The molecule has 128 valence electrons. The third-order valence-electron chi connectivity index (χ3n) is 4.08. The lowest BCUT2D eigenvalue weighted by Gasteiger charge is -2.24. The Hall–Kier alpha value is -2.25. The summed E-state index contributed by atoms with van der Waals surface area (Å²) in [6, 6.07) is 5.99. The van der Waals surface area contributed by atoms with E-state index in [-0.39, 0.29) is 5.92 Å². The number of hydrogen-bond donors (Lipinski definition) is 1. The Bertz CT molecular complexity index is 647. The van der Waals surface area contributed by atoms with Crippen LogP contribution in [0.25, 0.3) is 0 Å². The predicted molar refractivity (Wildman–Crippen MR) is 91.8 cm³/mol. The van der Waals surface area contributed by atoms with E-state index in [0.29, 0.717) is 32.3 Å². The van der Waals surface area contributed by atoms with Gasteiger partial charge in [-0.15, -0.1) is 0 Å². The normalized spacial score (nSPS) is 17.1. The van der Waals surface area contributed by atoms with Crippen LogP contribution in [0.5, 0.6) is 0 Å². The molecule has 1 aliphatic rings. The van der Waals surface area contributed by atoms with Gasteiger partial charge < -0.3 is 20.1 Å². The molecular weight excluding hydrogens is 306 g/mol. The zero-order valence-electron chi connectivity index (χ0n) is 13.9. The average molecular weight is 329 g/mol. The van der Waals surface area contributed by atoms with Gasteiger partial charge in [0.1, 0.15) is 5.82 Å². The number of methoxy groups -OCH3 is 1. The van der Waals surface area contributed by atoms with E-state index in [1.165, 1.54) is 0 Å². The summed E-state index contributed by atoms with van der Waals surface area (Å²) in [5.74, 6) is 1.39. The van der Waals surface area contributed by atoms with Gasteiger partial charge in [0, 0.05) is 51.2 Å². The largest absolute Gasteiger partial charge is 0.383 e. The molecule has 3 rings (SSSR count).